The number of nitrogens with one attached hydrogen (secondary N) is 1. The summed E-state index contributed by atoms with van der Waals surface area (Å²) in [5, 5.41) is 0. The van der Waals surface area contributed by atoms with Crippen LogP contribution in [0.4, 0.5) is 0 Å². The van der Waals surface area contributed by atoms with Crippen molar-refractivity contribution in [3.63, 3.8) is 0 Å². The molecule has 1 aromatic heterocycles. The maximum absolute atomic E-state index is 5.74. The van der Waals surface area contributed by atoms with Crippen molar-refractivity contribution in [1.29, 1.82) is 0 Å². The topological polar surface area (TPSA) is 28.7 Å². The molecular formula is C17H17BN2. The van der Waals surface area contributed by atoms with E-state index in [2.05, 4.69) is 32.7 Å². The summed E-state index contributed by atoms with van der Waals surface area (Å²) in [5.74, 6) is 0.899. The molecule has 0 bridgehead atoms. The molecule has 3 rings (SSSR count). The van der Waals surface area contributed by atoms with Crippen molar-refractivity contribution in [3.05, 3.63) is 46.5 Å². The van der Waals surface area contributed by atoms with Crippen LogP contribution in [-0.4, -0.2) is 17.8 Å². The van der Waals surface area contributed by atoms with E-state index in [1.165, 1.54) is 22.3 Å². The number of benzene rings is 2. The minimum absolute atomic E-state index is 0.768. The number of aryl methyl sites for hydroxylation is 2. The summed E-state index contributed by atoms with van der Waals surface area (Å²) in [4.78, 5) is 8.24. The molecule has 1 N–H and O–H groups in total. The van der Waals surface area contributed by atoms with Gasteiger partial charge in [0, 0.05) is 5.56 Å². The monoisotopic (exact) mass is 260 g/mol. The summed E-state index contributed by atoms with van der Waals surface area (Å²) in [6.07, 6.45) is 0. The lowest BCUT2D eigenvalue weighted by molar-refractivity contribution is 1.24. The first-order valence-electron chi connectivity index (χ1n) is 6.81. The second-order valence-corrected chi connectivity index (χ2v) is 5.43. The van der Waals surface area contributed by atoms with E-state index in [0.29, 0.717) is 0 Å². The smallest absolute Gasteiger partial charge is 0.138 e. The predicted molar refractivity (Wildman–Crippen MR) is 85.9 cm³/mol. The summed E-state index contributed by atoms with van der Waals surface area (Å²) in [7, 11) is 5.74. The highest BCUT2D eigenvalue weighted by Crippen LogP contribution is 2.29. The Balaban J connectivity index is 2.28. The summed E-state index contributed by atoms with van der Waals surface area (Å²) < 4.78 is 0. The average molecular weight is 260 g/mol. The van der Waals surface area contributed by atoms with Crippen LogP contribution in [0.15, 0.2) is 24.3 Å². The molecule has 2 aromatic carbocycles. The second-order valence-electron chi connectivity index (χ2n) is 5.43. The van der Waals surface area contributed by atoms with Crippen molar-refractivity contribution in [1.82, 2.24) is 9.97 Å². The predicted octanol–water partition coefficient (Wildman–Crippen LogP) is 3.26. The van der Waals surface area contributed by atoms with Gasteiger partial charge < -0.3 is 4.98 Å². The zero-order valence-electron chi connectivity index (χ0n) is 12.3. The highest BCUT2D eigenvalue weighted by Gasteiger charge is 2.13. The molecule has 98 valence electrons. The van der Waals surface area contributed by atoms with Crippen molar-refractivity contribution >= 4 is 24.3 Å². The molecule has 20 heavy (non-hydrogen) atoms. The molecule has 0 unspecified atom stereocenters. The first-order chi connectivity index (χ1) is 9.49. The number of H-pyrrole nitrogens is 1. The molecule has 0 amide bonds. The lowest BCUT2D eigenvalue weighted by atomic mass is 9.95. The summed E-state index contributed by atoms with van der Waals surface area (Å²) in [6, 6.07) is 7.80. The zero-order chi connectivity index (χ0) is 14.4. The van der Waals surface area contributed by atoms with Gasteiger partial charge in [0.1, 0.15) is 13.7 Å². The van der Waals surface area contributed by atoms with E-state index >= 15 is 0 Å². The Bertz CT molecular complexity index is 753. The Morgan fingerprint density at radius 3 is 2.10 bits per heavy atom. The van der Waals surface area contributed by atoms with Gasteiger partial charge in [-0.3, -0.25) is 0 Å². The van der Waals surface area contributed by atoms with Crippen molar-refractivity contribution in [3.8, 4) is 11.4 Å². The number of aromatic amines is 1. The van der Waals surface area contributed by atoms with Gasteiger partial charge >= 0.3 is 0 Å². The quantitative estimate of drug-likeness (QED) is 0.668. The molecular weight excluding hydrogens is 243 g/mol. The average Bonchev–Trinajstić information content (AvgIpc) is 2.89. The van der Waals surface area contributed by atoms with Crippen molar-refractivity contribution in [2.24, 2.45) is 0 Å². The van der Waals surface area contributed by atoms with Crippen LogP contribution < -0.4 is 5.46 Å². The zero-order valence-corrected chi connectivity index (χ0v) is 12.3. The van der Waals surface area contributed by atoms with Gasteiger partial charge in [0.05, 0.1) is 11.0 Å². The Kier molecular flexibility index (Phi) is 2.93. The summed E-state index contributed by atoms with van der Waals surface area (Å²) in [5.41, 5.74) is 9.22. The van der Waals surface area contributed by atoms with Crippen LogP contribution in [0.2, 0.25) is 0 Å². The number of nitrogens with zero attached hydrogens (tertiary/aromatic N) is 1. The fourth-order valence-electron chi connectivity index (χ4n) is 2.62. The molecule has 1 heterocycles. The minimum atomic E-state index is 0.768. The van der Waals surface area contributed by atoms with Gasteiger partial charge in [-0.15, -0.1) is 0 Å². The fraction of sp³-hybridized carbons (Fsp3) is 0.235. The van der Waals surface area contributed by atoms with Gasteiger partial charge in [0.15, 0.2) is 0 Å². The van der Waals surface area contributed by atoms with Crippen LogP contribution in [-0.2, 0) is 0 Å². The minimum Gasteiger partial charge on any atom is -0.338 e. The van der Waals surface area contributed by atoms with E-state index < -0.39 is 0 Å². The van der Waals surface area contributed by atoms with E-state index in [-0.39, 0.29) is 0 Å². The van der Waals surface area contributed by atoms with Crippen LogP contribution in [0, 0.1) is 27.7 Å². The molecule has 0 fully saturated rings. The van der Waals surface area contributed by atoms with Crippen LogP contribution in [0.5, 0.6) is 0 Å². The van der Waals surface area contributed by atoms with Crippen LogP contribution >= 0.6 is 0 Å². The first kappa shape index (κ1) is 13.0. The molecule has 3 aromatic rings. The number of aromatic nitrogens is 2. The third-order valence-electron chi connectivity index (χ3n) is 4.31. The largest absolute Gasteiger partial charge is 0.338 e. The highest BCUT2D eigenvalue weighted by atomic mass is 14.9. The van der Waals surface area contributed by atoms with Gasteiger partial charge in [-0.25, -0.2) is 4.98 Å². The van der Waals surface area contributed by atoms with E-state index in [4.69, 9.17) is 12.8 Å². The lowest BCUT2D eigenvalue weighted by Gasteiger charge is -2.09. The van der Waals surface area contributed by atoms with Crippen molar-refractivity contribution in [2.45, 2.75) is 27.7 Å². The number of hydrogen-bond acceptors (Lipinski definition) is 1. The van der Waals surface area contributed by atoms with Gasteiger partial charge in [-0.1, -0.05) is 29.7 Å². The van der Waals surface area contributed by atoms with Crippen molar-refractivity contribution in [2.75, 3.05) is 0 Å². The molecule has 2 nitrogen and oxygen atoms in total. The third kappa shape index (κ3) is 1.85. The lowest BCUT2D eigenvalue weighted by Crippen LogP contribution is -1.99. The van der Waals surface area contributed by atoms with Crippen LogP contribution in [0.1, 0.15) is 22.3 Å². The number of hydrogen-bond donors (Lipinski definition) is 1. The Morgan fingerprint density at radius 2 is 1.45 bits per heavy atom. The van der Waals surface area contributed by atoms with Crippen molar-refractivity contribution < 1.29 is 0 Å². The number of imidazole rings is 1. The molecule has 0 atom stereocenters. The molecule has 0 saturated heterocycles. The maximum Gasteiger partial charge on any atom is 0.138 e. The van der Waals surface area contributed by atoms with E-state index in [9.17, 15) is 0 Å². The van der Waals surface area contributed by atoms with Gasteiger partial charge in [0.25, 0.3) is 0 Å². The van der Waals surface area contributed by atoms with Gasteiger partial charge in [0.2, 0.25) is 0 Å². The Labute approximate surface area is 120 Å². The second kappa shape index (κ2) is 4.52. The molecule has 0 spiro atoms. The van der Waals surface area contributed by atoms with Crippen LogP contribution in [0.3, 0.4) is 0 Å². The molecule has 0 aliphatic rings. The number of fused-ring (bicyclic) bond motifs is 1. The third-order valence-corrected chi connectivity index (χ3v) is 4.31. The van der Waals surface area contributed by atoms with Gasteiger partial charge in [-0.05, 0) is 49.9 Å². The van der Waals surface area contributed by atoms with E-state index in [1.54, 1.807) is 0 Å². The first-order valence-corrected chi connectivity index (χ1v) is 6.81. The van der Waals surface area contributed by atoms with E-state index in [1.807, 2.05) is 24.3 Å². The molecule has 2 radical (unpaired) electrons. The Morgan fingerprint density at radius 1 is 0.850 bits per heavy atom. The summed E-state index contributed by atoms with van der Waals surface area (Å²) >= 11 is 0. The highest BCUT2D eigenvalue weighted by molar-refractivity contribution is 6.32. The fourth-order valence-corrected chi connectivity index (χ4v) is 2.62. The van der Waals surface area contributed by atoms with Crippen LogP contribution in [0.25, 0.3) is 22.4 Å². The molecule has 3 heteroatoms. The molecule has 0 saturated carbocycles. The number of rotatable bonds is 1. The summed E-state index contributed by atoms with van der Waals surface area (Å²) in [6.45, 7) is 8.61. The normalized spacial score (nSPS) is 11.2. The SMILES string of the molecule is [B]c1ccc(-c2nc3c(C)c(C)c(C)c(C)c3[nH]2)cc1. The van der Waals surface area contributed by atoms with E-state index in [0.717, 1.165) is 27.9 Å². The molecule has 0 aliphatic heterocycles. The molecule has 0 aliphatic carbocycles. The Hall–Kier alpha value is -2.03. The standard InChI is InChI=1S/C17H17BN2/c1-9-10(2)12(4)16-15(11(9)3)19-17(20-16)13-5-7-14(18)8-6-13/h5-8H,1-4H3,(H,19,20). The van der Waals surface area contributed by atoms with Gasteiger partial charge in [-0.2, -0.15) is 0 Å². The maximum atomic E-state index is 5.74.